The van der Waals surface area contributed by atoms with Crippen LogP contribution in [0.15, 0.2) is 101 Å². The van der Waals surface area contributed by atoms with Gasteiger partial charge in [0.1, 0.15) is 0 Å². The van der Waals surface area contributed by atoms with Gasteiger partial charge in [0.05, 0.1) is 17.5 Å². The van der Waals surface area contributed by atoms with Crippen LogP contribution in [0.2, 0.25) is 0 Å². The van der Waals surface area contributed by atoms with E-state index in [1.54, 1.807) is 0 Å². The average Bonchev–Trinajstić information content (AvgIpc) is 2.84. The largest absolute Gasteiger partial charge is 0.388 e. The van der Waals surface area contributed by atoms with E-state index in [0.717, 1.165) is 38.0 Å². The molecule has 3 aromatic rings. The molecule has 1 saturated heterocycles. The maximum absolute atomic E-state index is 10.7. The third-order valence-electron chi connectivity index (χ3n) is 6.31. The molecule has 3 nitrogen and oxygen atoms in total. The lowest BCUT2D eigenvalue weighted by Crippen LogP contribution is -2.35. The van der Waals surface area contributed by atoms with Gasteiger partial charge in [0.25, 0.3) is 0 Å². The van der Waals surface area contributed by atoms with Gasteiger partial charge in [-0.3, -0.25) is 4.90 Å². The highest BCUT2D eigenvalue weighted by Crippen LogP contribution is 2.47. The zero-order valence-electron chi connectivity index (χ0n) is 17.6. The number of benzene rings is 3. The molecule has 1 N–H and O–H groups in total. The van der Waals surface area contributed by atoms with E-state index in [9.17, 15) is 5.11 Å². The summed E-state index contributed by atoms with van der Waals surface area (Å²) in [5.74, 6) is 0.348. The van der Waals surface area contributed by atoms with Crippen molar-refractivity contribution >= 4 is 23.1 Å². The van der Waals surface area contributed by atoms with E-state index in [0.29, 0.717) is 5.92 Å². The second kappa shape index (κ2) is 9.31. The molecule has 2 aliphatic heterocycles. The number of nitrogens with zero attached hydrogens (tertiary/aromatic N) is 2. The molecule has 31 heavy (non-hydrogen) atoms. The lowest BCUT2D eigenvalue weighted by molar-refractivity contribution is 0.0621. The van der Waals surface area contributed by atoms with Crippen LogP contribution in [-0.4, -0.2) is 29.6 Å². The first-order chi connectivity index (χ1) is 15.3. The molecule has 0 bridgehead atoms. The molecule has 0 saturated carbocycles. The Labute approximate surface area is 189 Å². The fraction of sp³-hybridized carbons (Fsp3) is 0.259. The summed E-state index contributed by atoms with van der Waals surface area (Å²) in [5, 5.41) is 10.7. The fourth-order valence-corrected chi connectivity index (χ4v) is 5.64. The highest BCUT2D eigenvalue weighted by Gasteiger charge is 2.26. The van der Waals surface area contributed by atoms with Gasteiger partial charge in [-0.1, -0.05) is 72.4 Å². The van der Waals surface area contributed by atoms with Crippen molar-refractivity contribution in [3.8, 4) is 0 Å². The topological polar surface area (TPSA) is 26.7 Å². The Morgan fingerprint density at radius 1 is 0.839 bits per heavy atom. The first-order valence-electron chi connectivity index (χ1n) is 11.1. The SMILES string of the molecule is OC(c1ccccc1)C1CCN(CC=CN2c3ccccc3Sc3ccccc32)CC1. The van der Waals surface area contributed by atoms with Gasteiger partial charge >= 0.3 is 0 Å². The van der Waals surface area contributed by atoms with Crippen LogP contribution in [0, 0.1) is 5.92 Å². The molecule has 0 aromatic heterocycles. The normalized spacial score (nSPS) is 18.0. The number of aliphatic hydroxyl groups is 1. The van der Waals surface area contributed by atoms with E-state index in [-0.39, 0.29) is 6.10 Å². The lowest BCUT2D eigenvalue weighted by Gasteiger charge is -2.34. The number of rotatable bonds is 5. The predicted molar refractivity (Wildman–Crippen MR) is 129 cm³/mol. The Morgan fingerprint density at radius 3 is 2.06 bits per heavy atom. The molecule has 0 radical (unpaired) electrons. The first kappa shape index (κ1) is 20.4. The minimum absolute atomic E-state index is 0.348. The van der Waals surface area contributed by atoms with Gasteiger partial charge in [-0.25, -0.2) is 0 Å². The van der Waals surface area contributed by atoms with Crippen LogP contribution in [0.5, 0.6) is 0 Å². The smallest absolute Gasteiger partial charge is 0.0819 e. The van der Waals surface area contributed by atoms with E-state index < -0.39 is 0 Å². The Kier molecular flexibility index (Phi) is 6.12. The van der Waals surface area contributed by atoms with Crippen molar-refractivity contribution in [2.24, 2.45) is 5.92 Å². The number of fused-ring (bicyclic) bond motifs is 2. The molecular weight excluding hydrogens is 400 g/mol. The van der Waals surface area contributed by atoms with E-state index in [2.05, 4.69) is 70.6 Å². The Bertz CT molecular complexity index is 998. The molecule has 4 heteroatoms. The molecule has 3 aromatic carbocycles. The Morgan fingerprint density at radius 2 is 1.42 bits per heavy atom. The van der Waals surface area contributed by atoms with Crippen molar-refractivity contribution in [2.75, 3.05) is 24.5 Å². The summed E-state index contributed by atoms with van der Waals surface area (Å²) >= 11 is 1.84. The molecule has 2 heterocycles. The van der Waals surface area contributed by atoms with Crippen LogP contribution in [0.4, 0.5) is 11.4 Å². The van der Waals surface area contributed by atoms with Crippen molar-refractivity contribution in [2.45, 2.75) is 28.7 Å². The minimum Gasteiger partial charge on any atom is -0.388 e. The number of hydrogen-bond acceptors (Lipinski definition) is 4. The van der Waals surface area contributed by atoms with Crippen LogP contribution in [0.25, 0.3) is 0 Å². The number of aliphatic hydroxyl groups excluding tert-OH is 1. The maximum atomic E-state index is 10.7. The minimum atomic E-state index is -0.349. The van der Waals surface area contributed by atoms with Gasteiger partial charge in [-0.15, -0.1) is 0 Å². The highest BCUT2D eigenvalue weighted by atomic mass is 32.2. The molecule has 1 atom stereocenters. The first-order valence-corrected chi connectivity index (χ1v) is 11.9. The van der Waals surface area contributed by atoms with E-state index in [1.807, 2.05) is 42.1 Å². The van der Waals surface area contributed by atoms with Crippen LogP contribution in [0.3, 0.4) is 0 Å². The maximum Gasteiger partial charge on any atom is 0.0819 e. The molecule has 0 spiro atoms. The predicted octanol–water partition coefficient (Wildman–Crippen LogP) is 6.25. The van der Waals surface area contributed by atoms with Gasteiger partial charge in [0, 0.05) is 22.5 Å². The van der Waals surface area contributed by atoms with Crippen molar-refractivity contribution in [3.63, 3.8) is 0 Å². The molecular formula is C27H28N2OS. The monoisotopic (exact) mass is 428 g/mol. The van der Waals surface area contributed by atoms with E-state index in [4.69, 9.17) is 0 Å². The summed E-state index contributed by atoms with van der Waals surface area (Å²) in [6.45, 7) is 2.99. The van der Waals surface area contributed by atoms with Crippen molar-refractivity contribution in [1.29, 1.82) is 0 Å². The summed E-state index contributed by atoms with van der Waals surface area (Å²) in [5.41, 5.74) is 3.53. The Hall–Kier alpha value is -2.53. The van der Waals surface area contributed by atoms with Crippen LogP contribution in [0.1, 0.15) is 24.5 Å². The molecule has 0 amide bonds. The summed E-state index contributed by atoms with van der Waals surface area (Å²) in [6, 6.07) is 27.3. The van der Waals surface area contributed by atoms with Gasteiger partial charge in [0.15, 0.2) is 0 Å². The summed E-state index contributed by atoms with van der Waals surface area (Å²) in [6.07, 6.45) is 6.23. The van der Waals surface area contributed by atoms with Gasteiger partial charge in [-0.05, 0) is 61.7 Å². The number of likely N-dealkylation sites (tertiary alicyclic amines) is 1. The van der Waals surface area contributed by atoms with Crippen molar-refractivity contribution in [1.82, 2.24) is 4.90 Å². The van der Waals surface area contributed by atoms with Gasteiger partial charge in [0.2, 0.25) is 0 Å². The zero-order chi connectivity index (χ0) is 21.0. The van der Waals surface area contributed by atoms with Crippen molar-refractivity contribution in [3.05, 3.63) is 96.7 Å². The number of para-hydroxylation sites is 2. The summed E-state index contributed by atoms with van der Waals surface area (Å²) in [7, 11) is 0. The molecule has 5 rings (SSSR count). The lowest BCUT2D eigenvalue weighted by atomic mass is 9.87. The van der Waals surface area contributed by atoms with Crippen molar-refractivity contribution < 1.29 is 5.11 Å². The zero-order valence-corrected chi connectivity index (χ0v) is 18.4. The van der Waals surface area contributed by atoms with Gasteiger partial charge < -0.3 is 10.0 Å². The molecule has 1 unspecified atom stereocenters. The number of anilines is 2. The summed E-state index contributed by atoms with van der Waals surface area (Å²) in [4.78, 5) is 7.39. The average molecular weight is 429 g/mol. The van der Waals surface area contributed by atoms with E-state index in [1.165, 1.54) is 21.2 Å². The van der Waals surface area contributed by atoms with Crippen LogP contribution in [-0.2, 0) is 0 Å². The molecule has 2 aliphatic rings. The third kappa shape index (κ3) is 4.42. The highest BCUT2D eigenvalue weighted by molar-refractivity contribution is 7.99. The second-order valence-electron chi connectivity index (χ2n) is 8.29. The fourth-order valence-electron chi connectivity index (χ4n) is 4.57. The third-order valence-corrected chi connectivity index (χ3v) is 7.44. The molecule has 158 valence electrons. The molecule has 1 fully saturated rings. The van der Waals surface area contributed by atoms with Crippen LogP contribution >= 0.6 is 11.8 Å². The standard InChI is InChI=1S/C27H28N2OS/c30-27(21-9-2-1-3-10-21)22-15-19-28(20-16-22)17-8-18-29-23-11-4-6-13-25(23)31-26-14-7-5-12-24(26)29/h1-14,18,22,27,30H,15-17,19-20H2. The quantitative estimate of drug-likeness (QED) is 0.520. The number of hydrogen-bond donors (Lipinski definition) is 1. The summed E-state index contributed by atoms with van der Waals surface area (Å²) < 4.78 is 0. The van der Waals surface area contributed by atoms with Crippen LogP contribution < -0.4 is 4.90 Å². The Balaban J connectivity index is 1.22. The second-order valence-corrected chi connectivity index (χ2v) is 9.37. The molecule has 0 aliphatic carbocycles. The van der Waals surface area contributed by atoms with Gasteiger partial charge in [-0.2, -0.15) is 0 Å². The van der Waals surface area contributed by atoms with E-state index >= 15 is 0 Å². The number of piperidine rings is 1.